The average Bonchev–Trinajstić information content (AvgIpc) is 2.94. The molecule has 6 nitrogen and oxygen atoms in total. The van der Waals surface area contributed by atoms with E-state index in [0.29, 0.717) is 22.7 Å². The molecule has 0 amide bonds. The second-order valence-electron chi connectivity index (χ2n) is 5.42. The van der Waals surface area contributed by atoms with Crippen LogP contribution in [0, 0.1) is 6.92 Å². The fourth-order valence-electron chi connectivity index (χ4n) is 2.50. The van der Waals surface area contributed by atoms with Gasteiger partial charge in [-0.05, 0) is 31.2 Å². The van der Waals surface area contributed by atoms with Crippen LogP contribution < -0.4 is 15.0 Å². The number of aromatic nitrogens is 2. The molecule has 2 aromatic carbocycles. The van der Waals surface area contributed by atoms with Gasteiger partial charge in [-0.25, -0.2) is 4.68 Å². The number of nitrogens with zero attached hydrogens (tertiary/aromatic N) is 2. The van der Waals surface area contributed by atoms with Crippen LogP contribution in [0.3, 0.4) is 0 Å². The quantitative estimate of drug-likeness (QED) is 0.727. The van der Waals surface area contributed by atoms with Crippen LogP contribution >= 0.6 is 0 Å². The van der Waals surface area contributed by atoms with Gasteiger partial charge in [-0.3, -0.25) is 14.9 Å². The highest BCUT2D eigenvalue weighted by Gasteiger charge is 2.11. The van der Waals surface area contributed by atoms with Crippen LogP contribution in [-0.4, -0.2) is 30.2 Å². The highest BCUT2D eigenvalue weighted by Crippen LogP contribution is 2.31. The van der Waals surface area contributed by atoms with E-state index in [1.807, 2.05) is 37.3 Å². The summed E-state index contributed by atoms with van der Waals surface area (Å²) in [4.78, 5) is 17.1. The molecule has 0 saturated carbocycles. The second-order valence-corrected chi connectivity index (χ2v) is 5.42. The normalized spacial score (nSPS) is 11.0. The summed E-state index contributed by atoms with van der Waals surface area (Å²) < 4.78 is 12.0. The molecule has 0 fully saturated rings. The molecule has 0 unspecified atom stereocenters. The van der Waals surface area contributed by atoms with E-state index in [-0.39, 0.29) is 5.56 Å². The first-order valence-electron chi connectivity index (χ1n) is 7.77. The first-order valence-corrected chi connectivity index (χ1v) is 7.77. The number of methoxy groups -OCH3 is 2. The Bertz CT molecular complexity index is 956. The lowest BCUT2D eigenvalue weighted by molar-refractivity contribution is 0.404. The van der Waals surface area contributed by atoms with Crippen LogP contribution in [0.5, 0.6) is 11.5 Å². The summed E-state index contributed by atoms with van der Waals surface area (Å²) >= 11 is 0. The van der Waals surface area contributed by atoms with Crippen molar-refractivity contribution < 1.29 is 9.47 Å². The minimum atomic E-state index is -0.158. The lowest BCUT2D eigenvalue weighted by Crippen LogP contribution is -2.17. The van der Waals surface area contributed by atoms with Crippen molar-refractivity contribution in [3.63, 3.8) is 0 Å². The number of nitrogens with one attached hydrogen (secondary N) is 1. The van der Waals surface area contributed by atoms with Gasteiger partial charge in [-0.1, -0.05) is 18.2 Å². The second kappa shape index (κ2) is 7.09. The summed E-state index contributed by atoms with van der Waals surface area (Å²) in [7, 11) is 3.16. The van der Waals surface area contributed by atoms with Crippen LogP contribution in [0.4, 0.5) is 5.69 Å². The average molecular weight is 337 g/mol. The lowest BCUT2D eigenvalue weighted by atomic mass is 10.2. The van der Waals surface area contributed by atoms with Crippen LogP contribution in [0.25, 0.3) is 5.69 Å². The zero-order valence-corrected chi connectivity index (χ0v) is 14.3. The number of para-hydroxylation sites is 1. The minimum absolute atomic E-state index is 0.158. The summed E-state index contributed by atoms with van der Waals surface area (Å²) in [6.45, 7) is 1.84. The molecule has 6 heteroatoms. The Morgan fingerprint density at radius 1 is 1.08 bits per heavy atom. The number of rotatable bonds is 5. The maximum Gasteiger partial charge on any atom is 0.280 e. The van der Waals surface area contributed by atoms with E-state index in [1.54, 1.807) is 38.6 Å². The third-order valence-electron chi connectivity index (χ3n) is 3.85. The van der Waals surface area contributed by atoms with Gasteiger partial charge in [-0.2, -0.15) is 0 Å². The molecule has 0 aliphatic rings. The van der Waals surface area contributed by atoms with Gasteiger partial charge >= 0.3 is 0 Å². The molecule has 3 rings (SSSR count). The van der Waals surface area contributed by atoms with E-state index in [2.05, 4.69) is 10.1 Å². The van der Waals surface area contributed by atoms with Crippen LogP contribution in [0.2, 0.25) is 0 Å². The summed E-state index contributed by atoms with van der Waals surface area (Å²) in [6.07, 6.45) is 1.55. The smallest absolute Gasteiger partial charge is 0.280 e. The molecule has 0 aliphatic heterocycles. The lowest BCUT2D eigenvalue weighted by Gasteiger charge is -2.06. The summed E-state index contributed by atoms with van der Waals surface area (Å²) in [5, 5.41) is 3.07. The van der Waals surface area contributed by atoms with E-state index in [4.69, 9.17) is 9.47 Å². The van der Waals surface area contributed by atoms with E-state index in [1.165, 1.54) is 4.68 Å². The maximum absolute atomic E-state index is 12.7. The zero-order valence-electron chi connectivity index (χ0n) is 14.3. The highest BCUT2D eigenvalue weighted by atomic mass is 16.5. The van der Waals surface area contributed by atoms with E-state index < -0.39 is 0 Å². The minimum Gasteiger partial charge on any atom is -0.497 e. The molecular formula is C19H19N3O3. The maximum atomic E-state index is 12.7. The number of aryl methyl sites for hydroxylation is 1. The third-order valence-corrected chi connectivity index (χ3v) is 3.85. The van der Waals surface area contributed by atoms with E-state index >= 15 is 0 Å². The molecule has 128 valence electrons. The molecule has 1 N–H and O–H groups in total. The van der Waals surface area contributed by atoms with Crippen molar-refractivity contribution in [3.05, 3.63) is 70.1 Å². The fourth-order valence-corrected chi connectivity index (χ4v) is 2.50. The summed E-state index contributed by atoms with van der Waals surface area (Å²) in [5.74, 6) is 1.27. The van der Waals surface area contributed by atoms with Gasteiger partial charge in [0.15, 0.2) is 0 Å². The van der Waals surface area contributed by atoms with Crippen molar-refractivity contribution in [2.24, 2.45) is 4.99 Å². The fraction of sp³-hybridized carbons (Fsp3) is 0.158. The molecule has 0 saturated heterocycles. The largest absolute Gasteiger partial charge is 0.497 e. The number of hydrogen-bond donors (Lipinski definition) is 1. The number of benzene rings is 2. The van der Waals surface area contributed by atoms with E-state index in [0.717, 1.165) is 11.4 Å². The van der Waals surface area contributed by atoms with Gasteiger partial charge < -0.3 is 9.47 Å². The number of aromatic amines is 1. The third kappa shape index (κ3) is 3.33. The Kier molecular flexibility index (Phi) is 4.70. The van der Waals surface area contributed by atoms with Crippen molar-refractivity contribution >= 4 is 11.9 Å². The molecule has 0 atom stereocenters. The van der Waals surface area contributed by atoms with Crippen molar-refractivity contribution in [2.45, 2.75) is 6.92 Å². The predicted molar refractivity (Wildman–Crippen MR) is 97.9 cm³/mol. The molecule has 1 aromatic heterocycles. The number of aliphatic imine (C=N–C) groups is 1. The van der Waals surface area contributed by atoms with Crippen molar-refractivity contribution in [2.75, 3.05) is 14.2 Å². The molecule has 0 bridgehead atoms. The van der Waals surface area contributed by atoms with Crippen LogP contribution in [0.1, 0.15) is 11.3 Å². The van der Waals surface area contributed by atoms with Crippen LogP contribution in [-0.2, 0) is 0 Å². The first-order chi connectivity index (χ1) is 12.1. The number of ether oxygens (including phenoxy) is 2. The van der Waals surface area contributed by atoms with Gasteiger partial charge in [0, 0.05) is 18.0 Å². The van der Waals surface area contributed by atoms with Gasteiger partial charge in [-0.15, -0.1) is 0 Å². The molecule has 0 spiro atoms. The Hall–Kier alpha value is -3.28. The molecule has 0 aliphatic carbocycles. The zero-order chi connectivity index (χ0) is 17.8. The topological polar surface area (TPSA) is 68.6 Å². The van der Waals surface area contributed by atoms with Crippen molar-refractivity contribution in [1.82, 2.24) is 9.78 Å². The van der Waals surface area contributed by atoms with Crippen molar-refractivity contribution in [1.29, 1.82) is 0 Å². The van der Waals surface area contributed by atoms with Gasteiger partial charge in [0.1, 0.15) is 17.2 Å². The Morgan fingerprint density at radius 2 is 1.84 bits per heavy atom. The highest BCUT2D eigenvalue weighted by molar-refractivity contribution is 5.84. The standard InChI is InChI=1S/C19H19N3O3/c1-13-16(19(23)22(21-13)14-7-5-4-6-8-14)12-20-17-11-15(24-2)9-10-18(17)25-3/h4-12,21H,1-3H3. The van der Waals surface area contributed by atoms with Crippen LogP contribution in [0.15, 0.2) is 58.3 Å². The number of hydrogen-bond acceptors (Lipinski definition) is 4. The molecule has 1 heterocycles. The molecular weight excluding hydrogens is 318 g/mol. The molecule has 0 radical (unpaired) electrons. The van der Waals surface area contributed by atoms with Gasteiger partial charge in [0.2, 0.25) is 0 Å². The van der Waals surface area contributed by atoms with Gasteiger partial charge in [0.25, 0.3) is 5.56 Å². The van der Waals surface area contributed by atoms with Crippen molar-refractivity contribution in [3.8, 4) is 17.2 Å². The summed E-state index contributed by atoms with van der Waals surface area (Å²) in [6, 6.07) is 14.7. The number of H-pyrrole nitrogens is 1. The van der Waals surface area contributed by atoms with Gasteiger partial charge in [0.05, 0.1) is 25.5 Å². The summed E-state index contributed by atoms with van der Waals surface area (Å²) in [5.41, 5.74) is 2.44. The SMILES string of the molecule is COc1ccc(OC)c(N=Cc2c(C)[nH]n(-c3ccccc3)c2=O)c1. The Labute approximate surface area is 145 Å². The first kappa shape index (κ1) is 16.6. The molecule has 3 aromatic rings. The Balaban J connectivity index is 2.01. The van der Waals surface area contributed by atoms with E-state index in [9.17, 15) is 4.79 Å². The monoisotopic (exact) mass is 337 g/mol. The Morgan fingerprint density at radius 3 is 2.52 bits per heavy atom. The predicted octanol–water partition coefficient (Wildman–Crippen LogP) is 3.24. The molecule has 25 heavy (non-hydrogen) atoms.